The normalized spacial score (nSPS) is 10.6. The molecule has 8 heteroatoms. The van der Waals surface area contributed by atoms with Gasteiger partial charge in [-0.3, -0.25) is 14.9 Å². The number of para-hydroxylation sites is 1. The molecule has 0 aliphatic heterocycles. The highest BCUT2D eigenvalue weighted by atomic mass is 35.5. The zero-order valence-electron chi connectivity index (χ0n) is 11.0. The topological polar surface area (TPSA) is 84.6 Å². The molecular formula is C14H9ClFN3O3. The molecular weight excluding hydrogens is 313 g/mol. The van der Waals surface area contributed by atoms with E-state index in [9.17, 15) is 19.3 Å². The molecule has 0 aromatic heterocycles. The molecule has 2 aromatic carbocycles. The molecule has 0 radical (unpaired) electrons. The molecule has 1 N–H and O–H groups in total. The lowest BCUT2D eigenvalue weighted by Gasteiger charge is -2.01. The number of hydrogen-bond acceptors (Lipinski definition) is 4. The summed E-state index contributed by atoms with van der Waals surface area (Å²) in [7, 11) is 0. The minimum absolute atomic E-state index is 0.116. The van der Waals surface area contributed by atoms with Crippen molar-refractivity contribution in [1.29, 1.82) is 0 Å². The van der Waals surface area contributed by atoms with Crippen molar-refractivity contribution in [3.63, 3.8) is 0 Å². The van der Waals surface area contributed by atoms with E-state index in [-0.39, 0.29) is 16.3 Å². The molecule has 0 spiro atoms. The third-order valence-electron chi connectivity index (χ3n) is 2.68. The van der Waals surface area contributed by atoms with Gasteiger partial charge in [-0.15, -0.1) is 0 Å². The van der Waals surface area contributed by atoms with Crippen LogP contribution < -0.4 is 5.43 Å². The maximum Gasteiger partial charge on any atom is 0.282 e. The zero-order valence-corrected chi connectivity index (χ0v) is 11.7. The van der Waals surface area contributed by atoms with Crippen molar-refractivity contribution >= 4 is 29.4 Å². The van der Waals surface area contributed by atoms with Crippen LogP contribution in [0.2, 0.25) is 5.02 Å². The number of benzene rings is 2. The summed E-state index contributed by atoms with van der Waals surface area (Å²) in [6.45, 7) is 0. The molecule has 1 amide bonds. The minimum Gasteiger partial charge on any atom is -0.267 e. The number of halogens is 2. The van der Waals surface area contributed by atoms with Gasteiger partial charge in [-0.05, 0) is 24.3 Å². The Balaban J connectivity index is 2.13. The number of hydrazone groups is 1. The fourth-order valence-electron chi connectivity index (χ4n) is 1.65. The average Bonchev–Trinajstić information content (AvgIpc) is 2.49. The quantitative estimate of drug-likeness (QED) is 0.533. The van der Waals surface area contributed by atoms with E-state index in [0.29, 0.717) is 5.56 Å². The lowest BCUT2D eigenvalue weighted by molar-refractivity contribution is -0.385. The van der Waals surface area contributed by atoms with Crippen molar-refractivity contribution in [2.75, 3.05) is 0 Å². The first kappa shape index (κ1) is 15.6. The van der Waals surface area contributed by atoms with Crippen LogP contribution >= 0.6 is 11.6 Å². The molecule has 6 nitrogen and oxygen atoms in total. The first-order valence-electron chi connectivity index (χ1n) is 6.01. The highest BCUT2D eigenvalue weighted by molar-refractivity contribution is 6.33. The fraction of sp³-hybridized carbons (Fsp3) is 0. The lowest BCUT2D eigenvalue weighted by Crippen LogP contribution is -2.19. The number of amides is 1. The lowest BCUT2D eigenvalue weighted by atomic mass is 10.2. The van der Waals surface area contributed by atoms with Gasteiger partial charge in [0.2, 0.25) is 0 Å². The van der Waals surface area contributed by atoms with Gasteiger partial charge in [-0.2, -0.15) is 5.10 Å². The largest absolute Gasteiger partial charge is 0.282 e. The van der Waals surface area contributed by atoms with Crippen LogP contribution in [0.3, 0.4) is 0 Å². The van der Waals surface area contributed by atoms with Crippen LogP contribution in [0.15, 0.2) is 47.6 Å². The van der Waals surface area contributed by atoms with Gasteiger partial charge in [0.1, 0.15) is 11.4 Å². The standard InChI is InChI=1S/C14H9ClFN3O3/c15-12-7-10(16)6-5-9(12)8-17-18-14(20)11-3-1-2-4-13(11)19(21)22/h1-8H,(H,18,20). The third kappa shape index (κ3) is 3.64. The van der Waals surface area contributed by atoms with Crippen LogP contribution in [0.1, 0.15) is 15.9 Å². The monoisotopic (exact) mass is 321 g/mol. The molecule has 112 valence electrons. The predicted molar refractivity (Wildman–Crippen MR) is 79.6 cm³/mol. The summed E-state index contributed by atoms with van der Waals surface area (Å²) in [5.74, 6) is -1.23. The van der Waals surface area contributed by atoms with Crippen molar-refractivity contribution in [3.05, 3.63) is 74.5 Å². The summed E-state index contributed by atoms with van der Waals surface area (Å²) in [6.07, 6.45) is 1.22. The Morgan fingerprint density at radius 1 is 1.32 bits per heavy atom. The van der Waals surface area contributed by atoms with Gasteiger partial charge in [0.25, 0.3) is 11.6 Å². The van der Waals surface area contributed by atoms with Crippen LogP contribution in [-0.2, 0) is 0 Å². The van der Waals surface area contributed by atoms with Gasteiger partial charge in [0.15, 0.2) is 0 Å². The molecule has 0 aliphatic carbocycles. The van der Waals surface area contributed by atoms with Gasteiger partial charge in [0.05, 0.1) is 16.2 Å². The van der Waals surface area contributed by atoms with Crippen LogP contribution in [0.5, 0.6) is 0 Å². The van der Waals surface area contributed by atoms with Gasteiger partial charge >= 0.3 is 0 Å². The summed E-state index contributed by atoms with van der Waals surface area (Å²) in [5.41, 5.74) is 2.11. The van der Waals surface area contributed by atoms with Crippen LogP contribution in [-0.4, -0.2) is 17.0 Å². The smallest absolute Gasteiger partial charge is 0.267 e. The van der Waals surface area contributed by atoms with E-state index >= 15 is 0 Å². The highest BCUT2D eigenvalue weighted by Crippen LogP contribution is 2.17. The molecule has 2 rings (SSSR count). The molecule has 0 saturated carbocycles. The SMILES string of the molecule is O=C(NN=Cc1ccc(F)cc1Cl)c1ccccc1[N+](=O)[O-]. The van der Waals surface area contributed by atoms with Crippen molar-refractivity contribution in [1.82, 2.24) is 5.43 Å². The summed E-state index contributed by atoms with van der Waals surface area (Å²) < 4.78 is 12.9. The van der Waals surface area contributed by atoms with E-state index in [2.05, 4.69) is 10.5 Å². The molecule has 0 aliphatic rings. The molecule has 0 atom stereocenters. The summed E-state index contributed by atoms with van der Waals surface area (Å²) in [5, 5.41) is 14.6. The number of carbonyl (C=O) groups is 1. The van der Waals surface area contributed by atoms with E-state index in [0.717, 1.165) is 6.07 Å². The van der Waals surface area contributed by atoms with E-state index < -0.39 is 16.6 Å². The minimum atomic E-state index is -0.734. The molecule has 0 bridgehead atoms. The number of hydrogen-bond donors (Lipinski definition) is 1. The highest BCUT2D eigenvalue weighted by Gasteiger charge is 2.18. The summed E-state index contributed by atoms with van der Waals surface area (Å²) in [4.78, 5) is 22.1. The Hall–Kier alpha value is -2.80. The van der Waals surface area contributed by atoms with Crippen LogP contribution in [0.25, 0.3) is 0 Å². The second-order valence-corrected chi connectivity index (χ2v) is 4.55. The summed E-state index contributed by atoms with van der Waals surface area (Å²) >= 11 is 5.80. The number of rotatable bonds is 4. The third-order valence-corrected chi connectivity index (χ3v) is 3.00. The maximum absolute atomic E-state index is 12.9. The molecule has 22 heavy (non-hydrogen) atoms. The van der Waals surface area contributed by atoms with Crippen LogP contribution in [0, 0.1) is 15.9 Å². The molecule has 0 fully saturated rings. The number of nitrogens with one attached hydrogen (secondary N) is 1. The Morgan fingerprint density at radius 3 is 2.73 bits per heavy atom. The number of nitro groups is 1. The van der Waals surface area contributed by atoms with E-state index in [1.54, 1.807) is 0 Å². The van der Waals surface area contributed by atoms with E-state index in [1.807, 2.05) is 0 Å². The van der Waals surface area contributed by atoms with Crippen molar-refractivity contribution in [2.24, 2.45) is 5.10 Å². The van der Waals surface area contributed by atoms with Gasteiger partial charge in [-0.1, -0.05) is 23.7 Å². The molecule has 0 heterocycles. The first-order chi connectivity index (χ1) is 10.5. The van der Waals surface area contributed by atoms with Crippen molar-refractivity contribution in [3.8, 4) is 0 Å². The van der Waals surface area contributed by atoms with Gasteiger partial charge < -0.3 is 0 Å². The Labute approximate surface area is 129 Å². The zero-order chi connectivity index (χ0) is 16.1. The fourth-order valence-corrected chi connectivity index (χ4v) is 1.87. The number of nitro benzene ring substituents is 1. The van der Waals surface area contributed by atoms with Crippen molar-refractivity contribution < 1.29 is 14.1 Å². The van der Waals surface area contributed by atoms with Crippen LogP contribution in [0.4, 0.5) is 10.1 Å². The first-order valence-corrected chi connectivity index (χ1v) is 6.38. The maximum atomic E-state index is 12.9. The Kier molecular flexibility index (Phi) is 4.80. The van der Waals surface area contributed by atoms with E-state index in [4.69, 9.17) is 11.6 Å². The number of nitrogens with zero attached hydrogens (tertiary/aromatic N) is 2. The summed E-state index contributed by atoms with van der Waals surface area (Å²) in [6, 6.07) is 9.17. The Morgan fingerprint density at radius 2 is 2.05 bits per heavy atom. The van der Waals surface area contributed by atoms with E-state index in [1.165, 1.54) is 42.6 Å². The second-order valence-electron chi connectivity index (χ2n) is 4.14. The number of carbonyl (C=O) groups excluding carboxylic acids is 1. The molecule has 2 aromatic rings. The van der Waals surface area contributed by atoms with Crippen molar-refractivity contribution in [2.45, 2.75) is 0 Å². The molecule has 0 saturated heterocycles. The predicted octanol–water partition coefficient (Wildman–Crippen LogP) is 3.15. The second kappa shape index (κ2) is 6.77. The van der Waals surface area contributed by atoms with Gasteiger partial charge in [-0.25, -0.2) is 9.82 Å². The average molecular weight is 322 g/mol. The van der Waals surface area contributed by atoms with Gasteiger partial charge in [0, 0.05) is 11.6 Å². The Bertz CT molecular complexity index is 765. The molecule has 0 unspecified atom stereocenters.